The standard InChI is InChI=1S/C25H25F3O/c1-3-4-15-29-21-13-14-22(23(26)16-21)19-10-6-18(7-11-19)8-12-20-9-5-17(2)24(27)25(20)28/h5-7,9-11,13-14,16H,3-4,8,12,15H2,1-2H3. The Kier molecular flexibility index (Phi) is 6.97. The maximum absolute atomic E-state index is 14.5. The highest BCUT2D eigenvalue weighted by Crippen LogP contribution is 2.27. The van der Waals surface area contributed by atoms with Gasteiger partial charge in [-0.25, -0.2) is 13.2 Å². The molecule has 152 valence electrons. The van der Waals surface area contributed by atoms with Crippen molar-refractivity contribution in [2.24, 2.45) is 0 Å². The summed E-state index contributed by atoms with van der Waals surface area (Å²) in [6.07, 6.45) is 2.94. The maximum Gasteiger partial charge on any atom is 0.162 e. The quantitative estimate of drug-likeness (QED) is 0.370. The average molecular weight is 398 g/mol. The summed E-state index contributed by atoms with van der Waals surface area (Å²) in [6, 6.07) is 15.6. The Balaban J connectivity index is 1.66. The molecule has 0 heterocycles. The molecule has 0 N–H and O–H groups in total. The highest BCUT2D eigenvalue weighted by Gasteiger charge is 2.11. The summed E-state index contributed by atoms with van der Waals surface area (Å²) in [5.74, 6) is -1.35. The van der Waals surface area contributed by atoms with Crippen LogP contribution in [-0.4, -0.2) is 6.61 Å². The second-order valence-electron chi connectivity index (χ2n) is 7.21. The van der Waals surface area contributed by atoms with Crippen LogP contribution in [0.2, 0.25) is 0 Å². The summed E-state index contributed by atoms with van der Waals surface area (Å²) in [7, 11) is 0. The predicted molar refractivity (Wildman–Crippen MR) is 111 cm³/mol. The van der Waals surface area contributed by atoms with Crippen LogP contribution in [0.1, 0.15) is 36.5 Å². The summed E-state index contributed by atoms with van der Waals surface area (Å²) >= 11 is 0. The number of rotatable bonds is 8. The number of hydrogen-bond donors (Lipinski definition) is 0. The van der Waals surface area contributed by atoms with E-state index in [4.69, 9.17) is 4.74 Å². The van der Waals surface area contributed by atoms with Gasteiger partial charge in [-0.3, -0.25) is 0 Å². The number of hydrogen-bond acceptors (Lipinski definition) is 1. The zero-order valence-corrected chi connectivity index (χ0v) is 16.8. The predicted octanol–water partition coefficient (Wildman–Crippen LogP) is 7.04. The molecule has 0 atom stereocenters. The fourth-order valence-corrected chi connectivity index (χ4v) is 3.16. The average Bonchev–Trinajstić information content (AvgIpc) is 2.72. The van der Waals surface area contributed by atoms with E-state index in [1.165, 1.54) is 6.07 Å². The van der Waals surface area contributed by atoms with Crippen molar-refractivity contribution in [2.75, 3.05) is 6.61 Å². The molecule has 29 heavy (non-hydrogen) atoms. The van der Waals surface area contributed by atoms with Crippen LogP contribution in [0.15, 0.2) is 54.6 Å². The lowest BCUT2D eigenvalue weighted by molar-refractivity contribution is 0.308. The normalized spacial score (nSPS) is 10.9. The summed E-state index contributed by atoms with van der Waals surface area (Å²) < 4.78 is 47.7. The van der Waals surface area contributed by atoms with Crippen molar-refractivity contribution in [3.05, 3.63) is 88.7 Å². The van der Waals surface area contributed by atoms with E-state index in [1.54, 1.807) is 31.2 Å². The van der Waals surface area contributed by atoms with Gasteiger partial charge < -0.3 is 4.74 Å². The van der Waals surface area contributed by atoms with Gasteiger partial charge >= 0.3 is 0 Å². The number of halogens is 3. The number of ether oxygens (including phenoxy) is 1. The van der Waals surface area contributed by atoms with Gasteiger partial charge in [0.05, 0.1) is 6.61 Å². The molecule has 0 saturated heterocycles. The van der Waals surface area contributed by atoms with Gasteiger partial charge in [0, 0.05) is 11.6 Å². The van der Waals surface area contributed by atoms with Crippen molar-refractivity contribution in [1.82, 2.24) is 0 Å². The van der Waals surface area contributed by atoms with E-state index in [9.17, 15) is 13.2 Å². The first kappa shape index (κ1) is 21.0. The van der Waals surface area contributed by atoms with Gasteiger partial charge in [0.1, 0.15) is 11.6 Å². The lowest BCUT2D eigenvalue weighted by atomic mass is 9.99. The van der Waals surface area contributed by atoms with Gasteiger partial charge in [-0.1, -0.05) is 49.7 Å². The molecule has 0 amide bonds. The maximum atomic E-state index is 14.5. The topological polar surface area (TPSA) is 9.23 Å². The molecule has 0 unspecified atom stereocenters. The number of unbranched alkanes of at least 4 members (excludes halogenated alkanes) is 1. The summed E-state index contributed by atoms with van der Waals surface area (Å²) in [4.78, 5) is 0. The highest BCUT2D eigenvalue weighted by molar-refractivity contribution is 5.65. The first-order valence-electron chi connectivity index (χ1n) is 9.94. The van der Waals surface area contributed by atoms with E-state index in [-0.39, 0.29) is 5.82 Å². The molecule has 0 aliphatic carbocycles. The third kappa shape index (κ3) is 5.20. The van der Waals surface area contributed by atoms with Gasteiger partial charge in [0.25, 0.3) is 0 Å². The van der Waals surface area contributed by atoms with Crippen molar-refractivity contribution >= 4 is 0 Å². The molecule has 0 spiro atoms. The van der Waals surface area contributed by atoms with Crippen LogP contribution < -0.4 is 4.74 Å². The van der Waals surface area contributed by atoms with Gasteiger partial charge in [0.2, 0.25) is 0 Å². The fraction of sp³-hybridized carbons (Fsp3) is 0.280. The Bertz CT molecular complexity index is 965. The van der Waals surface area contributed by atoms with Crippen molar-refractivity contribution in [1.29, 1.82) is 0 Å². The van der Waals surface area contributed by atoms with Gasteiger partial charge in [-0.05, 0) is 60.6 Å². The van der Waals surface area contributed by atoms with Crippen molar-refractivity contribution in [2.45, 2.75) is 39.5 Å². The molecule has 0 aliphatic heterocycles. The largest absolute Gasteiger partial charge is 0.493 e. The Labute approximate surface area is 170 Å². The van der Waals surface area contributed by atoms with Crippen LogP contribution in [0, 0.1) is 24.4 Å². The van der Waals surface area contributed by atoms with Crippen LogP contribution in [0.25, 0.3) is 11.1 Å². The molecule has 4 heteroatoms. The summed E-state index contributed by atoms with van der Waals surface area (Å²) in [5.41, 5.74) is 2.92. The molecular formula is C25H25F3O. The third-order valence-electron chi connectivity index (χ3n) is 5.01. The van der Waals surface area contributed by atoms with Crippen LogP contribution in [0.3, 0.4) is 0 Å². The van der Waals surface area contributed by atoms with Gasteiger partial charge in [-0.2, -0.15) is 0 Å². The van der Waals surface area contributed by atoms with E-state index >= 15 is 0 Å². The van der Waals surface area contributed by atoms with Crippen LogP contribution in [0.5, 0.6) is 5.75 Å². The Hall–Kier alpha value is -2.75. The lowest BCUT2D eigenvalue weighted by Crippen LogP contribution is -1.99. The monoisotopic (exact) mass is 398 g/mol. The first-order chi connectivity index (χ1) is 14.0. The van der Waals surface area contributed by atoms with E-state index < -0.39 is 11.6 Å². The molecule has 0 aromatic heterocycles. The lowest BCUT2D eigenvalue weighted by Gasteiger charge is -2.10. The second-order valence-corrected chi connectivity index (χ2v) is 7.21. The molecule has 1 nitrogen and oxygen atoms in total. The van der Waals surface area contributed by atoms with E-state index in [1.807, 2.05) is 24.3 Å². The smallest absolute Gasteiger partial charge is 0.162 e. The van der Waals surface area contributed by atoms with Gasteiger partial charge in [-0.15, -0.1) is 0 Å². The van der Waals surface area contributed by atoms with Gasteiger partial charge in [0.15, 0.2) is 11.6 Å². The third-order valence-corrected chi connectivity index (χ3v) is 5.01. The van der Waals surface area contributed by atoms with Crippen molar-refractivity contribution in [3.8, 4) is 16.9 Å². The molecule has 3 aromatic rings. The Morgan fingerprint density at radius 3 is 2.28 bits per heavy atom. The zero-order chi connectivity index (χ0) is 20.8. The fourth-order valence-electron chi connectivity index (χ4n) is 3.16. The molecule has 3 aromatic carbocycles. The van der Waals surface area contributed by atoms with E-state index in [0.717, 1.165) is 24.0 Å². The SMILES string of the molecule is CCCCOc1ccc(-c2ccc(CCc3ccc(C)c(F)c3F)cc2)c(F)c1. The van der Waals surface area contributed by atoms with Crippen LogP contribution >= 0.6 is 0 Å². The Morgan fingerprint density at radius 1 is 0.828 bits per heavy atom. The number of aryl methyl sites for hydroxylation is 3. The molecular weight excluding hydrogens is 373 g/mol. The summed E-state index contributed by atoms with van der Waals surface area (Å²) in [6.45, 7) is 4.20. The van der Waals surface area contributed by atoms with Crippen molar-refractivity contribution < 1.29 is 17.9 Å². The minimum absolute atomic E-state index is 0.305. The first-order valence-corrected chi connectivity index (χ1v) is 9.94. The Morgan fingerprint density at radius 2 is 1.59 bits per heavy atom. The number of benzene rings is 3. The minimum atomic E-state index is -0.782. The minimum Gasteiger partial charge on any atom is -0.493 e. The van der Waals surface area contributed by atoms with E-state index in [0.29, 0.717) is 41.9 Å². The van der Waals surface area contributed by atoms with Crippen molar-refractivity contribution in [3.63, 3.8) is 0 Å². The summed E-state index contributed by atoms with van der Waals surface area (Å²) in [5, 5.41) is 0. The molecule has 0 radical (unpaired) electrons. The molecule has 0 fully saturated rings. The molecule has 0 saturated carbocycles. The zero-order valence-electron chi connectivity index (χ0n) is 16.8. The van der Waals surface area contributed by atoms with E-state index in [2.05, 4.69) is 6.92 Å². The molecule has 3 rings (SSSR count). The highest BCUT2D eigenvalue weighted by atomic mass is 19.2. The molecule has 0 aliphatic rings. The van der Waals surface area contributed by atoms with Crippen LogP contribution in [0.4, 0.5) is 13.2 Å². The van der Waals surface area contributed by atoms with Crippen LogP contribution in [-0.2, 0) is 12.8 Å². The second kappa shape index (κ2) is 9.64. The molecule has 0 bridgehead atoms.